The van der Waals surface area contributed by atoms with E-state index in [4.69, 9.17) is 28.9 Å². The number of benzene rings is 1. The Morgan fingerprint density at radius 1 is 1.15 bits per heavy atom. The van der Waals surface area contributed by atoms with Crippen molar-refractivity contribution in [3.63, 3.8) is 0 Å². The molecule has 2 saturated carbocycles. The minimum Gasteiger partial charge on any atom is -0.392 e. The number of rotatable bonds is 4. The maximum absolute atomic E-state index is 10.7. The Balaban J connectivity index is 1.77. The summed E-state index contributed by atoms with van der Waals surface area (Å²) in [7, 11) is 0. The van der Waals surface area contributed by atoms with Crippen LogP contribution < -0.4 is 5.73 Å². The van der Waals surface area contributed by atoms with Crippen molar-refractivity contribution in [3.8, 4) is 0 Å². The summed E-state index contributed by atoms with van der Waals surface area (Å²) in [6.45, 7) is 0.440. The van der Waals surface area contributed by atoms with E-state index in [1.165, 1.54) is 25.7 Å². The van der Waals surface area contributed by atoms with E-state index in [-0.39, 0.29) is 12.0 Å². The minimum atomic E-state index is -0.356. The monoisotopic (exact) mass is 313 g/mol. The standard InChI is InChI=1S/C16H21Cl2NO/c17-13-6-5-9(7-14(13)18)12(8-19)16(20)15-10-3-1-2-4-11(10)15/h5-7,10-12,15-16,20H,1-4,8,19H2. The van der Waals surface area contributed by atoms with Gasteiger partial charge in [0.2, 0.25) is 0 Å². The molecule has 4 atom stereocenters. The van der Waals surface area contributed by atoms with E-state index >= 15 is 0 Å². The Morgan fingerprint density at radius 2 is 1.80 bits per heavy atom. The maximum Gasteiger partial charge on any atom is 0.0654 e. The predicted molar refractivity (Wildman–Crippen MR) is 83.2 cm³/mol. The summed E-state index contributed by atoms with van der Waals surface area (Å²) in [5.41, 5.74) is 6.91. The highest BCUT2D eigenvalue weighted by molar-refractivity contribution is 6.42. The second-order valence-corrected chi connectivity index (χ2v) is 7.01. The van der Waals surface area contributed by atoms with Crippen LogP contribution in [0, 0.1) is 17.8 Å². The lowest BCUT2D eigenvalue weighted by atomic mass is 9.89. The fourth-order valence-electron chi connectivity index (χ4n) is 4.04. The summed E-state index contributed by atoms with van der Waals surface area (Å²) >= 11 is 12.0. The number of hydrogen-bond donors (Lipinski definition) is 2. The molecule has 2 aliphatic rings. The highest BCUT2D eigenvalue weighted by Crippen LogP contribution is 2.58. The molecule has 0 spiro atoms. The molecule has 0 heterocycles. The van der Waals surface area contributed by atoms with Crippen LogP contribution in [0.3, 0.4) is 0 Å². The first-order valence-corrected chi connectivity index (χ1v) is 8.22. The lowest BCUT2D eigenvalue weighted by Crippen LogP contribution is -2.28. The molecule has 0 saturated heterocycles. The summed E-state index contributed by atoms with van der Waals surface area (Å²) in [4.78, 5) is 0. The molecule has 0 amide bonds. The highest BCUT2D eigenvalue weighted by Gasteiger charge is 2.55. The van der Waals surface area contributed by atoms with Crippen LogP contribution in [0.2, 0.25) is 10.0 Å². The van der Waals surface area contributed by atoms with Gasteiger partial charge in [-0.1, -0.05) is 42.1 Å². The number of aliphatic hydroxyl groups is 1. The van der Waals surface area contributed by atoms with Crippen LogP contribution in [0.4, 0.5) is 0 Å². The fraction of sp³-hybridized carbons (Fsp3) is 0.625. The van der Waals surface area contributed by atoms with E-state index in [0.717, 1.165) is 17.4 Å². The van der Waals surface area contributed by atoms with E-state index in [1.54, 1.807) is 6.07 Å². The van der Waals surface area contributed by atoms with Crippen molar-refractivity contribution in [1.29, 1.82) is 0 Å². The van der Waals surface area contributed by atoms with E-state index in [9.17, 15) is 5.11 Å². The third-order valence-electron chi connectivity index (χ3n) is 5.16. The van der Waals surface area contributed by atoms with Crippen LogP contribution in [0.5, 0.6) is 0 Å². The second kappa shape index (κ2) is 5.84. The first-order chi connectivity index (χ1) is 9.63. The zero-order valence-corrected chi connectivity index (χ0v) is 12.9. The first kappa shape index (κ1) is 14.6. The van der Waals surface area contributed by atoms with Gasteiger partial charge in [0.05, 0.1) is 16.1 Å². The van der Waals surface area contributed by atoms with Crippen LogP contribution in [-0.2, 0) is 0 Å². The van der Waals surface area contributed by atoms with Crippen LogP contribution >= 0.6 is 23.2 Å². The molecule has 2 nitrogen and oxygen atoms in total. The number of fused-ring (bicyclic) bond motifs is 1. The van der Waals surface area contributed by atoms with Gasteiger partial charge in [0.1, 0.15) is 0 Å². The molecule has 4 unspecified atom stereocenters. The molecule has 0 aliphatic heterocycles. The van der Waals surface area contributed by atoms with Gasteiger partial charge >= 0.3 is 0 Å². The SMILES string of the molecule is NCC(c1ccc(Cl)c(Cl)c1)C(O)C1C2CCCCC21. The molecular formula is C16H21Cl2NO. The zero-order chi connectivity index (χ0) is 14.3. The van der Waals surface area contributed by atoms with E-state index in [2.05, 4.69) is 0 Å². The molecule has 2 aliphatic carbocycles. The summed E-state index contributed by atoms with van der Waals surface area (Å²) < 4.78 is 0. The lowest BCUT2D eigenvalue weighted by Gasteiger charge is -2.23. The van der Waals surface area contributed by atoms with Gasteiger partial charge in [0.15, 0.2) is 0 Å². The Hall–Kier alpha value is -0.280. The summed E-state index contributed by atoms with van der Waals surface area (Å²) in [5.74, 6) is 1.83. The minimum absolute atomic E-state index is 0.0413. The van der Waals surface area contributed by atoms with E-state index in [1.807, 2.05) is 12.1 Å². The van der Waals surface area contributed by atoms with Crippen molar-refractivity contribution in [2.75, 3.05) is 6.54 Å². The predicted octanol–water partition coefficient (Wildman–Crippen LogP) is 3.83. The topological polar surface area (TPSA) is 46.2 Å². The van der Waals surface area contributed by atoms with Gasteiger partial charge in [-0.25, -0.2) is 0 Å². The quantitative estimate of drug-likeness (QED) is 0.887. The van der Waals surface area contributed by atoms with Gasteiger partial charge in [0.25, 0.3) is 0 Å². The summed E-state index contributed by atoms with van der Waals surface area (Å²) in [6, 6.07) is 5.56. The average Bonchev–Trinajstić information content (AvgIpc) is 3.17. The van der Waals surface area contributed by atoms with Crippen molar-refractivity contribution < 1.29 is 5.11 Å². The Bertz CT molecular complexity index is 481. The van der Waals surface area contributed by atoms with Gasteiger partial charge in [-0.2, -0.15) is 0 Å². The Labute approximate surface area is 130 Å². The number of hydrogen-bond acceptors (Lipinski definition) is 2. The Morgan fingerprint density at radius 3 is 2.35 bits per heavy atom. The summed E-state index contributed by atoms with van der Waals surface area (Å²) in [5, 5.41) is 11.8. The summed E-state index contributed by atoms with van der Waals surface area (Å²) in [6.07, 6.45) is 4.80. The molecule has 0 bridgehead atoms. The normalized spacial score (nSPS) is 31.5. The van der Waals surface area contributed by atoms with Gasteiger partial charge in [-0.3, -0.25) is 0 Å². The number of halogens is 2. The molecule has 0 radical (unpaired) electrons. The number of aliphatic hydroxyl groups excluding tert-OH is 1. The molecule has 0 aromatic heterocycles. The highest BCUT2D eigenvalue weighted by atomic mass is 35.5. The van der Waals surface area contributed by atoms with Crippen molar-refractivity contribution >= 4 is 23.2 Å². The smallest absolute Gasteiger partial charge is 0.0654 e. The molecular weight excluding hydrogens is 293 g/mol. The van der Waals surface area contributed by atoms with Gasteiger partial charge in [0, 0.05) is 12.5 Å². The largest absolute Gasteiger partial charge is 0.392 e. The number of nitrogens with two attached hydrogens (primary N) is 1. The van der Waals surface area contributed by atoms with E-state index in [0.29, 0.717) is 22.5 Å². The fourth-order valence-corrected chi connectivity index (χ4v) is 4.34. The first-order valence-electron chi connectivity index (χ1n) is 7.46. The van der Waals surface area contributed by atoms with Crippen molar-refractivity contribution in [2.45, 2.75) is 37.7 Å². The van der Waals surface area contributed by atoms with Crippen LogP contribution in [0.25, 0.3) is 0 Å². The van der Waals surface area contributed by atoms with Crippen LogP contribution in [0.15, 0.2) is 18.2 Å². The zero-order valence-electron chi connectivity index (χ0n) is 11.4. The van der Waals surface area contributed by atoms with Crippen molar-refractivity contribution in [3.05, 3.63) is 33.8 Å². The molecule has 3 N–H and O–H groups in total. The van der Waals surface area contributed by atoms with Gasteiger partial charge < -0.3 is 10.8 Å². The van der Waals surface area contributed by atoms with Crippen molar-refractivity contribution in [2.24, 2.45) is 23.5 Å². The van der Waals surface area contributed by atoms with Gasteiger partial charge in [-0.15, -0.1) is 0 Å². The van der Waals surface area contributed by atoms with Crippen LogP contribution in [-0.4, -0.2) is 17.8 Å². The molecule has 20 heavy (non-hydrogen) atoms. The maximum atomic E-state index is 10.7. The molecule has 2 fully saturated rings. The average molecular weight is 314 g/mol. The van der Waals surface area contributed by atoms with E-state index < -0.39 is 0 Å². The molecule has 3 rings (SSSR count). The van der Waals surface area contributed by atoms with Gasteiger partial charge in [-0.05, 0) is 48.3 Å². The molecule has 1 aromatic carbocycles. The van der Waals surface area contributed by atoms with Crippen molar-refractivity contribution in [1.82, 2.24) is 0 Å². The lowest BCUT2D eigenvalue weighted by molar-refractivity contribution is 0.112. The third-order valence-corrected chi connectivity index (χ3v) is 5.89. The third kappa shape index (κ3) is 2.59. The molecule has 4 heteroatoms. The van der Waals surface area contributed by atoms with Crippen LogP contribution in [0.1, 0.15) is 37.2 Å². The second-order valence-electron chi connectivity index (χ2n) is 6.20. The Kier molecular flexibility index (Phi) is 4.28. The molecule has 110 valence electrons. The molecule has 1 aromatic rings.